The monoisotopic (exact) mass is 799 g/mol. The summed E-state index contributed by atoms with van der Waals surface area (Å²) in [6.07, 6.45) is 0. The molecule has 0 N–H and O–H groups in total. The fourth-order valence-electron chi connectivity index (χ4n) is 8.55. The van der Waals surface area contributed by atoms with E-state index >= 15 is 0 Å². The minimum absolute atomic E-state index is 0.0198. The van der Waals surface area contributed by atoms with Crippen LogP contribution in [0.25, 0.3) is 111 Å². The van der Waals surface area contributed by atoms with Crippen molar-refractivity contribution in [2.45, 2.75) is 0 Å². The van der Waals surface area contributed by atoms with E-state index in [0.717, 1.165) is 66.4 Å². The Morgan fingerprint density at radius 1 is 0.323 bits per heavy atom. The topological polar surface area (TPSA) is 48.5 Å². The van der Waals surface area contributed by atoms with Crippen LogP contribution in [0.2, 0.25) is 0 Å². The maximum atomic E-state index is 9.19. The van der Waals surface area contributed by atoms with Crippen LogP contribution < -0.4 is 0 Å². The van der Waals surface area contributed by atoms with Crippen LogP contribution in [0.3, 0.4) is 0 Å². The molecule has 0 bridgehead atoms. The van der Waals surface area contributed by atoms with E-state index in [1.807, 2.05) is 115 Å². The van der Waals surface area contributed by atoms with E-state index in [1.54, 1.807) is 4.57 Å². The fraction of sp³-hybridized carbons (Fsp3) is 0. The summed E-state index contributed by atoms with van der Waals surface area (Å²) in [6, 6.07) is 54.9. The van der Waals surface area contributed by atoms with Gasteiger partial charge in [-0.2, -0.15) is 0 Å². The van der Waals surface area contributed by atoms with Gasteiger partial charge in [0.1, 0.15) is 0 Å². The number of rotatable bonds is 7. The van der Waals surface area contributed by atoms with Gasteiger partial charge >= 0.3 is 0 Å². The molecule has 62 heavy (non-hydrogen) atoms. The zero-order chi connectivity index (χ0) is 47.9. The molecule has 290 valence electrons. The van der Waals surface area contributed by atoms with Crippen molar-refractivity contribution in [3.8, 4) is 67.8 Å². The number of hydrogen-bond donors (Lipinski definition) is 0. The molecule has 0 aliphatic heterocycles. The fourth-order valence-corrected chi connectivity index (χ4v) is 8.55. The van der Waals surface area contributed by atoms with E-state index in [1.165, 1.54) is 0 Å². The molecule has 0 radical (unpaired) electrons. The van der Waals surface area contributed by atoms with Gasteiger partial charge in [0.2, 0.25) is 0 Å². The molecule has 0 aliphatic carbocycles. The van der Waals surface area contributed by atoms with Crippen molar-refractivity contribution in [3.05, 3.63) is 224 Å². The van der Waals surface area contributed by atoms with Gasteiger partial charge in [-0.25, -0.2) is 15.0 Å². The molecular formula is C57H37N5. The van der Waals surface area contributed by atoms with Crippen molar-refractivity contribution in [1.82, 2.24) is 24.1 Å². The van der Waals surface area contributed by atoms with E-state index in [0.29, 0.717) is 23.2 Å². The van der Waals surface area contributed by atoms with Gasteiger partial charge in [-0.15, -0.1) is 0 Å². The first-order valence-electron chi connectivity index (χ1n) is 24.3. The second-order valence-electron chi connectivity index (χ2n) is 15.1. The summed E-state index contributed by atoms with van der Waals surface area (Å²) in [5.74, 6) is 1.50. The highest BCUT2D eigenvalue weighted by molar-refractivity contribution is 6.12. The Morgan fingerprint density at radius 2 is 0.806 bits per heavy atom. The zero-order valence-electron chi connectivity index (χ0n) is 41.0. The van der Waals surface area contributed by atoms with E-state index in [2.05, 4.69) is 65.2 Å². The lowest BCUT2D eigenvalue weighted by atomic mass is 10.0. The Bertz CT molecular complexity index is 4000. The molecule has 0 unspecified atom stereocenters. The minimum Gasteiger partial charge on any atom is -0.309 e. The zero-order valence-corrected chi connectivity index (χ0v) is 33.0. The third-order valence-corrected chi connectivity index (χ3v) is 11.4. The smallest absolute Gasteiger partial charge is 0.164 e. The Kier molecular flexibility index (Phi) is 6.67. The van der Waals surface area contributed by atoms with Crippen LogP contribution in [0.4, 0.5) is 0 Å². The number of aromatic nitrogens is 5. The van der Waals surface area contributed by atoms with Crippen molar-refractivity contribution >= 4 is 43.6 Å². The number of para-hydroxylation sites is 3. The molecule has 12 aromatic rings. The SMILES string of the molecule is [2H]c1c([2H])c([2H])c2c(c1[2H])c1c([2H])c([2H])c([2H])c([2H])c1n2-c1ccc2c3ccccc3n(-c3cc(-c4nc(-c5ccccc5)nc(-c5ccc(-c6ccccc6)cc5)n4)ccc3-c3ccccc3)c2c1. The van der Waals surface area contributed by atoms with Crippen molar-refractivity contribution in [3.63, 3.8) is 0 Å². The Labute approximate surface area is 369 Å². The average molecular weight is 800 g/mol. The minimum atomic E-state index is -0.491. The molecule has 0 saturated carbocycles. The highest BCUT2D eigenvalue weighted by Crippen LogP contribution is 2.40. The maximum Gasteiger partial charge on any atom is 0.164 e. The molecule has 3 heterocycles. The summed E-state index contributed by atoms with van der Waals surface area (Å²) in [4.78, 5) is 15.3. The van der Waals surface area contributed by atoms with Crippen molar-refractivity contribution < 1.29 is 11.0 Å². The highest BCUT2D eigenvalue weighted by Gasteiger charge is 2.21. The summed E-state index contributed by atoms with van der Waals surface area (Å²) in [7, 11) is 0. The first kappa shape index (κ1) is 28.1. The Balaban J connectivity index is 1.13. The van der Waals surface area contributed by atoms with E-state index in [-0.39, 0.29) is 46.0 Å². The third-order valence-electron chi connectivity index (χ3n) is 11.4. The predicted molar refractivity (Wildman–Crippen MR) is 256 cm³/mol. The molecular weight excluding hydrogens is 755 g/mol. The van der Waals surface area contributed by atoms with Crippen molar-refractivity contribution in [2.24, 2.45) is 0 Å². The maximum absolute atomic E-state index is 9.19. The number of hydrogen-bond acceptors (Lipinski definition) is 3. The highest BCUT2D eigenvalue weighted by atomic mass is 15.0. The molecule has 3 aromatic heterocycles. The summed E-state index contributed by atoms with van der Waals surface area (Å²) < 4.78 is 74.7. The number of nitrogens with zero attached hydrogens (tertiary/aromatic N) is 5. The van der Waals surface area contributed by atoms with Crippen LogP contribution in [0.15, 0.2) is 224 Å². The van der Waals surface area contributed by atoms with Crippen LogP contribution in [0.5, 0.6) is 0 Å². The Morgan fingerprint density at radius 3 is 1.47 bits per heavy atom. The van der Waals surface area contributed by atoms with Crippen LogP contribution in [0.1, 0.15) is 11.0 Å². The average Bonchev–Trinajstić information content (AvgIpc) is 3.95. The van der Waals surface area contributed by atoms with Crippen LogP contribution in [-0.4, -0.2) is 24.1 Å². The van der Waals surface area contributed by atoms with Crippen LogP contribution in [-0.2, 0) is 0 Å². The van der Waals surface area contributed by atoms with Crippen LogP contribution >= 0.6 is 0 Å². The quantitative estimate of drug-likeness (QED) is 0.161. The summed E-state index contributed by atoms with van der Waals surface area (Å²) >= 11 is 0. The van der Waals surface area contributed by atoms with E-state index in [9.17, 15) is 2.74 Å². The number of fused-ring (bicyclic) bond motifs is 6. The van der Waals surface area contributed by atoms with Crippen LogP contribution in [0, 0.1) is 0 Å². The van der Waals surface area contributed by atoms with Crippen molar-refractivity contribution in [1.29, 1.82) is 0 Å². The molecule has 12 rings (SSSR count). The molecule has 9 aromatic carbocycles. The lowest BCUT2D eigenvalue weighted by molar-refractivity contribution is 1.07. The van der Waals surface area contributed by atoms with Crippen molar-refractivity contribution in [2.75, 3.05) is 0 Å². The Hall–Kier alpha value is -8.41. The van der Waals surface area contributed by atoms with Gasteiger partial charge in [0.25, 0.3) is 0 Å². The molecule has 0 saturated heterocycles. The first-order chi connectivity index (χ1) is 34.1. The first-order valence-corrected chi connectivity index (χ1v) is 20.3. The van der Waals surface area contributed by atoms with Gasteiger partial charge in [-0.1, -0.05) is 188 Å². The second-order valence-corrected chi connectivity index (χ2v) is 15.1. The van der Waals surface area contributed by atoms with Gasteiger partial charge in [-0.05, 0) is 53.0 Å². The van der Waals surface area contributed by atoms with Gasteiger partial charge < -0.3 is 9.13 Å². The lowest BCUT2D eigenvalue weighted by Crippen LogP contribution is -2.02. The summed E-state index contributed by atoms with van der Waals surface area (Å²) in [5.41, 5.74) is 9.41. The standard InChI is InChI=1S/C57H37N5/c1-4-16-38(17-5-1)39-28-30-42(31-29-39)56-58-55(41-20-8-3-9-21-41)59-57(60-56)43-32-34-45(40-18-6-2-7-19-40)53(36-43)62-52-27-15-12-24-48(52)49-35-33-44(37-54(49)62)61-50-25-13-10-22-46(50)47-23-11-14-26-51(47)61/h1-37H/i10D,11D,13D,14D,22D,23D,25D,26D. The van der Waals surface area contributed by atoms with E-state index in [4.69, 9.17) is 23.2 Å². The predicted octanol–water partition coefficient (Wildman–Crippen LogP) is 14.4. The molecule has 0 fully saturated rings. The molecule has 0 atom stereocenters. The lowest BCUT2D eigenvalue weighted by Gasteiger charge is -2.17. The van der Waals surface area contributed by atoms with E-state index < -0.39 is 24.2 Å². The third kappa shape index (κ3) is 5.98. The van der Waals surface area contributed by atoms with Gasteiger partial charge in [0, 0.05) is 49.5 Å². The molecule has 0 amide bonds. The van der Waals surface area contributed by atoms with Gasteiger partial charge in [0.05, 0.1) is 38.7 Å². The largest absolute Gasteiger partial charge is 0.309 e. The normalized spacial score (nSPS) is 13.4. The van der Waals surface area contributed by atoms with Gasteiger partial charge in [0.15, 0.2) is 17.5 Å². The molecule has 0 spiro atoms. The number of benzene rings is 9. The molecule has 0 aliphatic rings. The van der Waals surface area contributed by atoms with Gasteiger partial charge in [-0.3, -0.25) is 0 Å². The molecule has 5 nitrogen and oxygen atoms in total. The summed E-state index contributed by atoms with van der Waals surface area (Å²) in [5, 5.41) is 1.88. The second kappa shape index (κ2) is 14.7. The summed E-state index contributed by atoms with van der Waals surface area (Å²) in [6.45, 7) is 0. The molecule has 5 heteroatoms.